The molecule has 144 valence electrons. The number of benzene rings is 2. The number of hydrogen-bond donors (Lipinski definition) is 0. The van der Waals surface area contributed by atoms with Gasteiger partial charge in [-0.3, -0.25) is 9.69 Å². The molecule has 3 rings (SSSR count). The summed E-state index contributed by atoms with van der Waals surface area (Å²) in [5.41, 5.74) is 4.57. The predicted octanol–water partition coefficient (Wildman–Crippen LogP) is 3.83. The first-order chi connectivity index (χ1) is 12.9. The van der Waals surface area contributed by atoms with E-state index in [-0.39, 0.29) is 5.91 Å². The maximum absolute atomic E-state index is 12.8. The molecule has 1 amide bonds. The van der Waals surface area contributed by atoms with Crippen molar-refractivity contribution in [2.75, 3.05) is 45.2 Å². The first-order valence-corrected chi connectivity index (χ1v) is 9.82. The van der Waals surface area contributed by atoms with Gasteiger partial charge in [-0.25, -0.2) is 0 Å². The summed E-state index contributed by atoms with van der Waals surface area (Å²) in [6, 6.07) is 16.8. The summed E-state index contributed by atoms with van der Waals surface area (Å²) < 4.78 is 0. The zero-order valence-corrected chi connectivity index (χ0v) is 17.0. The summed E-state index contributed by atoms with van der Waals surface area (Å²) in [7, 11) is 3.99. The third kappa shape index (κ3) is 4.89. The fourth-order valence-electron chi connectivity index (χ4n) is 3.47. The van der Waals surface area contributed by atoms with E-state index in [1.807, 2.05) is 48.2 Å². The van der Waals surface area contributed by atoms with E-state index in [9.17, 15) is 4.79 Å². The molecule has 0 N–H and O–H groups in total. The van der Waals surface area contributed by atoms with Crippen molar-refractivity contribution in [3.63, 3.8) is 0 Å². The van der Waals surface area contributed by atoms with Gasteiger partial charge in [0, 0.05) is 58.1 Å². The zero-order valence-electron chi connectivity index (χ0n) is 17.0. The minimum Gasteiger partial charge on any atom is -0.378 e. The second-order valence-corrected chi connectivity index (χ2v) is 7.91. The minimum absolute atomic E-state index is 0.139. The summed E-state index contributed by atoms with van der Waals surface area (Å²) >= 11 is 0. The van der Waals surface area contributed by atoms with Crippen LogP contribution in [0.15, 0.2) is 48.5 Å². The summed E-state index contributed by atoms with van der Waals surface area (Å²) in [5.74, 6) is 0.708. The Morgan fingerprint density at radius 1 is 1.00 bits per heavy atom. The maximum atomic E-state index is 12.8. The molecule has 0 aliphatic carbocycles. The third-order valence-corrected chi connectivity index (χ3v) is 5.32. The molecule has 0 aromatic heterocycles. The Labute approximate surface area is 163 Å². The molecule has 2 aromatic carbocycles. The molecule has 1 aliphatic rings. The lowest BCUT2D eigenvalue weighted by atomic mass is 10.0. The summed E-state index contributed by atoms with van der Waals surface area (Å²) in [5, 5.41) is 0. The average Bonchev–Trinajstić information content (AvgIpc) is 2.68. The van der Waals surface area contributed by atoms with E-state index < -0.39 is 0 Å². The third-order valence-electron chi connectivity index (χ3n) is 5.32. The molecular weight excluding hydrogens is 334 g/mol. The van der Waals surface area contributed by atoms with Crippen LogP contribution in [0.5, 0.6) is 0 Å². The van der Waals surface area contributed by atoms with E-state index in [4.69, 9.17) is 0 Å². The molecule has 0 saturated carbocycles. The van der Waals surface area contributed by atoms with Crippen LogP contribution in [0.2, 0.25) is 0 Å². The van der Waals surface area contributed by atoms with Crippen LogP contribution in [0, 0.1) is 0 Å². The van der Waals surface area contributed by atoms with Gasteiger partial charge in [-0.2, -0.15) is 0 Å². The topological polar surface area (TPSA) is 26.8 Å². The molecule has 4 heteroatoms. The molecule has 4 nitrogen and oxygen atoms in total. The molecule has 0 atom stereocenters. The number of carbonyl (C=O) groups excluding carboxylic acids is 1. The van der Waals surface area contributed by atoms with Crippen LogP contribution in [0.1, 0.15) is 41.3 Å². The summed E-state index contributed by atoms with van der Waals surface area (Å²) in [6.45, 7) is 8.82. The highest BCUT2D eigenvalue weighted by Crippen LogP contribution is 2.18. The van der Waals surface area contributed by atoms with E-state index >= 15 is 0 Å². The molecular formula is C23H31N3O. The van der Waals surface area contributed by atoms with Gasteiger partial charge in [-0.05, 0) is 35.2 Å². The lowest BCUT2D eigenvalue weighted by Gasteiger charge is -2.35. The first-order valence-electron chi connectivity index (χ1n) is 9.82. The number of hydrogen-bond acceptors (Lipinski definition) is 3. The number of amides is 1. The smallest absolute Gasteiger partial charge is 0.254 e. The number of anilines is 1. The van der Waals surface area contributed by atoms with Crippen molar-refractivity contribution in [1.82, 2.24) is 9.80 Å². The van der Waals surface area contributed by atoms with Gasteiger partial charge in [-0.15, -0.1) is 0 Å². The second kappa shape index (κ2) is 8.57. The molecule has 0 radical (unpaired) electrons. The van der Waals surface area contributed by atoms with Crippen molar-refractivity contribution in [2.45, 2.75) is 26.3 Å². The number of rotatable bonds is 5. The van der Waals surface area contributed by atoms with E-state index in [1.54, 1.807) is 0 Å². The van der Waals surface area contributed by atoms with Crippen molar-refractivity contribution in [3.8, 4) is 0 Å². The van der Waals surface area contributed by atoms with E-state index in [0.29, 0.717) is 5.92 Å². The molecule has 1 heterocycles. The maximum Gasteiger partial charge on any atom is 0.254 e. The van der Waals surface area contributed by atoms with Crippen molar-refractivity contribution in [3.05, 3.63) is 65.2 Å². The quantitative estimate of drug-likeness (QED) is 0.806. The highest BCUT2D eigenvalue weighted by Gasteiger charge is 2.22. The normalized spacial score (nSPS) is 15.2. The van der Waals surface area contributed by atoms with Crippen LogP contribution >= 0.6 is 0 Å². The fourth-order valence-corrected chi connectivity index (χ4v) is 3.47. The van der Waals surface area contributed by atoms with Gasteiger partial charge in [0.15, 0.2) is 0 Å². The predicted molar refractivity (Wildman–Crippen MR) is 112 cm³/mol. The molecule has 0 unspecified atom stereocenters. The monoisotopic (exact) mass is 365 g/mol. The average molecular weight is 366 g/mol. The highest BCUT2D eigenvalue weighted by molar-refractivity contribution is 5.95. The van der Waals surface area contributed by atoms with E-state index in [2.05, 4.69) is 43.0 Å². The van der Waals surface area contributed by atoms with Gasteiger partial charge in [0.25, 0.3) is 5.91 Å². The van der Waals surface area contributed by atoms with Gasteiger partial charge in [0.1, 0.15) is 0 Å². The standard InChI is InChI=1S/C23H31N3O/c1-18(2)20-10-8-19(9-11-20)17-25-12-14-26(15-13-25)23(27)21-6-5-7-22(16-21)24(3)4/h5-11,16,18H,12-15,17H2,1-4H3. The van der Waals surface area contributed by atoms with Gasteiger partial charge in [0.05, 0.1) is 0 Å². The highest BCUT2D eigenvalue weighted by atomic mass is 16.2. The van der Waals surface area contributed by atoms with Crippen LogP contribution < -0.4 is 4.90 Å². The Balaban J connectivity index is 1.55. The van der Waals surface area contributed by atoms with Gasteiger partial charge < -0.3 is 9.80 Å². The van der Waals surface area contributed by atoms with Crippen molar-refractivity contribution < 1.29 is 4.79 Å². The van der Waals surface area contributed by atoms with Crippen LogP contribution in [0.4, 0.5) is 5.69 Å². The van der Waals surface area contributed by atoms with Crippen LogP contribution in [0.3, 0.4) is 0 Å². The Kier molecular flexibility index (Phi) is 6.17. The number of nitrogens with zero attached hydrogens (tertiary/aromatic N) is 3. The lowest BCUT2D eigenvalue weighted by molar-refractivity contribution is 0.0628. The summed E-state index contributed by atoms with van der Waals surface area (Å²) in [4.78, 5) is 19.3. The Morgan fingerprint density at radius 3 is 2.26 bits per heavy atom. The largest absolute Gasteiger partial charge is 0.378 e. The molecule has 0 spiro atoms. The Bertz CT molecular complexity index is 759. The molecule has 1 saturated heterocycles. The molecule has 1 fully saturated rings. The lowest BCUT2D eigenvalue weighted by Crippen LogP contribution is -2.48. The van der Waals surface area contributed by atoms with Crippen molar-refractivity contribution in [2.24, 2.45) is 0 Å². The van der Waals surface area contributed by atoms with Gasteiger partial charge in [-0.1, -0.05) is 44.2 Å². The number of piperazine rings is 1. The van der Waals surface area contributed by atoms with Gasteiger partial charge >= 0.3 is 0 Å². The van der Waals surface area contributed by atoms with Crippen LogP contribution in [-0.2, 0) is 6.54 Å². The van der Waals surface area contributed by atoms with E-state index in [0.717, 1.165) is 44.0 Å². The molecule has 2 aromatic rings. The SMILES string of the molecule is CC(C)c1ccc(CN2CCN(C(=O)c3cccc(N(C)C)c3)CC2)cc1. The second-order valence-electron chi connectivity index (χ2n) is 7.91. The summed E-state index contributed by atoms with van der Waals surface area (Å²) in [6.07, 6.45) is 0. The fraction of sp³-hybridized carbons (Fsp3) is 0.435. The van der Waals surface area contributed by atoms with Crippen molar-refractivity contribution in [1.29, 1.82) is 0 Å². The molecule has 1 aliphatic heterocycles. The van der Waals surface area contributed by atoms with Crippen LogP contribution in [0.25, 0.3) is 0 Å². The number of carbonyl (C=O) groups is 1. The molecule has 27 heavy (non-hydrogen) atoms. The minimum atomic E-state index is 0.139. The van der Waals surface area contributed by atoms with E-state index in [1.165, 1.54) is 11.1 Å². The van der Waals surface area contributed by atoms with Crippen molar-refractivity contribution >= 4 is 11.6 Å². The van der Waals surface area contributed by atoms with Crippen LogP contribution in [-0.4, -0.2) is 56.0 Å². The first kappa shape index (κ1) is 19.4. The Morgan fingerprint density at radius 2 is 1.67 bits per heavy atom. The Hall–Kier alpha value is -2.33. The molecule has 0 bridgehead atoms. The van der Waals surface area contributed by atoms with Gasteiger partial charge in [0.2, 0.25) is 0 Å². The zero-order chi connectivity index (χ0) is 19.4.